The molecule has 1 saturated heterocycles. The monoisotopic (exact) mass is 810 g/mol. The molecule has 2 aromatic carbocycles. The first-order valence-electron chi connectivity index (χ1n) is 20.4. The first-order chi connectivity index (χ1) is 27.5. The summed E-state index contributed by atoms with van der Waals surface area (Å²) in [6, 6.07) is 18.5. The fourth-order valence-electron chi connectivity index (χ4n) is 8.44. The van der Waals surface area contributed by atoms with Crippen LogP contribution in [0.4, 0.5) is 16.4 Å². The smallest absolute Gasteiger partial charge is 0.410 e. The summed E-state index contributed by atoms with van der Waals surface area (Å²) in [6.07, 6.45) is 4.31. The van der Waals surface area contributed by atoms with Gasteiger partial charge in [0.1, 0.15) is 28.7 Å². The van der Waals surface area contributed by atoms with E-state index in [-0.39, 0.29) is 29.1 Å². The second kappa shape index (κ2) is 16.4. The fourth-order valence-corrected chi connectivity index (χ4v) is 8.97. The van der Waals surface area contributed by atoms with Crippen LogP contribution in [0.1, 0.15) is 98.5 Å². The van der Waals surface area contributed by atoms with E-state index in [1.807, 2.05) is 52.0 Å². The lowest BCUT2D eigenvalue weighted by Crippen LogP contribution is -2.55. The van der Waals surface area contributed by atoms with Crippen molar-refractivity contribution < 1.29 is 27.4 Å². The third-order valence-electron chi connectivity index (χ3n) is 11.6. The Kier molecular flexibility index (Phi) is 11.7. The van der Waals surface area contributed by atoms with Crippen LogP contribution in [-0.2, 0) is 40.5 Å². The van der Waals surface area contributed by atoms with E-state index >= 15 is 0 Å². The number of benzene rings is 2. The molecule has 0 N–H and O–H groups in total. The average Bonchev–Trinajstić information content (AvgIpc) is 4.02. The van der Waals surface area contributed by atoms with Crippen molar-refractivity contribution in [2.24, 2.45) is 5.92 Å². The van der Waals surface area contributed by atoms with Gasteiger partial charge in [-0.05, 0) is 125 Å². The van der Waals surface area contributed by atoms with Crippen molar-refractivity contribution in [2.45, 2.75) is 109 Å². The lowest BCUT2D eigenvalue weighted by Gasteiger charge is -2.42. The Balaban J connectivity index is 1.26. The van der Waals surface area contributed by atoms with Crippen molar-refractivity contribution in [1.29, 1.82) is 0 Å². The number of hydrogen-bond donors (Lipinski definition) is 0. The standard InChI is InChI=1S/C45H58N6O6S/c1-28-22-37-38(46-43(58(9,53)54)48-42(37)51-21-20-49(25-30(51)3)44(52)57-45(4,5)6)24-36(28)41-40(33-14-15-33)29(2)23-39(47-41)50(26-31-10-16-34(55-7)17-11-31)27-32-12-18-35(56-8)19-13-32/h10-13,16-19,23,28,30,33,36H,14-15,20-22,24-27H2,1-9H3/t28?,30-,36?/m0/s1. The van der Waals surface area contributed by atoms with Gasteiger partial charge in [0.25, 0.3) is 0 Å². The van der Waals surface area contributed by atoms with E-state index in [0.717, 1.165) is 58.2 Å². The number of ether oxygens (including phenoxy) is 3. The number of rotatable bonds is 11. The van der Waals surface area contributed by atoms with E-state index in [9.17, 15) is 13.2 Å². The Morgan fingerprint density at radius 1 is 0.879 bits per heavy atom. The zero-order valence-corrected chi connectivity index (χ0v) is 36.2. The summed E-state index contributed by atoms with van der Waals surface area (Å²) in [5.74, 6) is 3.82. The van der Waals surface area contributed by atoms with Gasteiger partial charge in [0.05, 0.1) is 25.6 Å². The molecule has 58 heavy (non-hydrogen) atoms. The number of sulfone groups is 1. The van der Waals surface area contributed by atoms with Gasteiger partial charge in [-0.25, -0.2) is 28.2 Å². The highest BCUT2D eigenvalue weighted by Crippen LogP contribution is 2.49. The quantitative estimate of drug-likeness (QED) is 0.139. The predicted molar refractivity (Wildman–Crippen MR) is 226 cm³/mol. The highest BCUT2D eigenvalue weighted by molar-refractivity contribution is 7.90. The van der Waals surface area contributed by atoms with E-state index in [0.29, 0.717) is 57.3 Å². The minimum atomic E-state index is -3.73. The Labute approximate surface area is 343 Å². The number of aryl methyl sites for hydroxylation is 1. The van der Waals surface area contributed by atoms with Gasteiger partial charge in [0.2, 0.25) is 15.0 Å². The molecule has 7 rings (SSSR count). The average molecular weight is 811 g/mol. The Morgan fingerprint density at radius 3 is 2.00 bits per heavy atom. The number of hydrogen-bond acceptors (Lipinski definition) is 11. The highest BCUT2D eigenvalue weighted by atomic mass is 32.2. The molecule has 1 saturated carbocycles. The second-order valence-electron chi connectivity index (χ2n) is 17.4. The van der Waals surface area contributed by atoms with E-state index in [2.05, 4.69) is 54.0 Å². The number of piperazine rings is 1. The van der Waals surface area contributed by atoms with Crippen molar-refractivity contribution in [3.8, 4) is 11.5 Å². The van der Waals surface area contributed by atoms with Crippen molar-refractivity contribution in [3.63, 3.8) is 0 Å². The number of pyridine rings is 1. The molecule has 310 valence electrons. The molecule has 3 atom stereocenters. The molecule has 13 heteroatoms. The Morgan fingerprint density at radius 2 is 1.48 bits per heavy atom. The molecule has 2 unspecified atom stereocenters. The van der Waals surface area contributed by atoms with Gasteiger partial charge in [0.15, 0.2) is 0 Å². The van der Waals surface area contributed by atoms with Crippen LogP contribution in [0.2, 0.25) is 0 Å². The van der Waals surface area contributed by atoms with Crippen LogP contribution in [0.3, 0.4) is 0 Å². The number of amides is 1. The molecule has 0 spiro atoms. The van der Waals surface area contributed by atoms with Crippen LogP contribution >= 0.6 is 0 Å². The van der Waals surface area contributed by atoms with Gasteiger partial charge in [-0.3, -0.25) is 0 Å². The maximum atomic E-state index is 13.2. The predicted octanol–water partition coefficient (Wildman–Crippen LogP) is 7.65. The van der Waals surface area contributed by atoms with Crippen LogP contribution in [0, 0.1) is 12.8 Å². The summed E-state index contributed by atoms with van der Waals surface area (Å²) in [5.41, 5.74) is 7.06. The number of nitrogens with zero attached hydrogens (tertiary/aromatic N) is 6. The molecule has 2 fully saturated rings. The normalized spacial score (nSPS) is 19.7. The topological polar surface area (TPSA) is 127 Å². The van der Waals surface area contributed by atoms with Gasteiger partial charge in [-0.15, -0.1) is 0 Å². The summed E-state index contributed by atoms with van der Waals surface area (Å²) in [5, 5.41) is -0.165. The Hall–Kier alpha value is -4.91. The number of anilines is 2. The van der Waals surface area contributed by atoms with Crippen molar-refractivity contribution in [2.75, 3.05) is 49.9 Å². The number of methoxy groups -OCH3 is 2. The van der Waals surface area contributed by atoms with Crippen molar-refractivity contribution in [3.05, 3.63) is 93.8 Å². The van der Waals surface area contributed by atoms with E-state index in [4.69, 9.17) is 29.2 Å². The summed E-state index contributed by atoms with van der Waals surface area (Å²) < 4.78 is 42.9. The molecule has 4 aromatic rings. The largest absolute Gasteiger partial charge is 0.497 e. The summed E-state index contributed by atoms with van der Waals surface area (Å²) in [4.78, 5) is 34.4. The summed E-state index contributed by atoms with van der Waals surface area (Å²) in [7, 11) is -0.379. The molecule has 0 bridgehead atoms. The number of carbonyl (C=O) groups excluding carboxylic acids is 1. The molecule has 1 amide bonds. The van der Waals surface area contributed by atoms with Crippen LogP contribution in [0.15, 0.2) is 59.8 Å². The SMILES string of the molecule is COc1ccc(CN(Cc2ccc(OC)cc2)c2cc(C)c(C3CC3)c(C3Cc4nc(S(C)(=O)=O)nc(N5CCN(C(=O)OC(C)(C)C)C[C@@H]5C)c4CC3C)n2)cc1. The van der Waals surface area contributed by atoms with Crippen LogP contribution in [0.25, 0.3) is 0 Å². The third kappa shape index (κ3) is 9.19. The molecule has 12 nitrogen and oxygen atoms in total. The lowest BCUT2D eigenvalue weighted by atomic mass is 9.75. The lowest BCUT2D eigenvalue weighted by molar-refractivity contribution is 0.0218. The Bertz CT molecular complexity index is 2190. The minimum absolute atomic E-state index is 0.0159. The molecule has 3 aliphatic rings. The van der Waals surface area contributed by atoms with Gasteiger partial charge in [0, 0.05) is 56.5 Å². The van der Waals surface area contributed by atoms with Crippen molar-refractivity contribution >= 4 is 27.6 Å². The van der Waals surface area contributed by atoms with Crippen LogP contribution < -0.4 is 19.3 Å². The molecular weight excluding hydrogens is 753 g/mol. The van der Waals surface area contributed by atoms with Gasteiger partial charge in [-0.1, -0.05) is 31.2 Å². The maximum absolute atomic E-state index is 13.2. The number of fused-ring (bicyclic) bond motifs is 1. The molecule has 1 aliphatic heterocycles. The number of aromatic nitrogens is 3. The van der Waals surface area contributed by atoms with Gasteiger partial charge < -0.3 is 28.9 Å². The van der Waals surface area contributed by atoms with E-state index in [1.165, 1.54) is 17.4 Å². The van der Waals surface area contributed by atoms with Crippen LogP contribution in [-0.4, -0.2) is 86.1 Å². The summed E-state index contributed by atoms with van der Waals surface area (Å²) in [6.45, 7) is 14.8. The molecule has 3 heterocycles. The van der Waals surface area contributed by atoms with Crippen LogP contribution in [0.5, 0.6) is 11.5 Å². The molecular formula is C45H58N6O6S. The molecule has 0 radical (unpaired) electrons. The maximum Gasteiger partial charge on any atom is 0.410 e. The van der Waals surface area contributed by atoms with Gasteiger partial charge in [-0.2, -0.15) is 0 Å². The number of carbonyl (C=O) groups is 1. The third-order valence-corrected chi connectivity index (χ3v) is 12.4. The second-order valence-corrected chi connectivity index (χ2v) is 19.3. The highest BCUT2D eigenvalue weighted by Gasteiger charge is 2.40. The zero-order chi connectivity index (χ0) is 41.5. The van der Waals surface area contributed by atoms with Gasteiger partial charge >= 0.3 is 6.09 Å². The minimum Gasteiger partial charge on any atom is -0.497 e. The van der Waals surface area contributed by atoms with E-state index < -0.39 is 15.4 Å². The molecule has 2 aliphatic carbocycles. The summed E-state index contributed by atoms with van der Waals surface area (Å²) >= 11 is 0. The van der Waals surface area contributed by atoms with Crippen molar-refractivity contribution in [1.82, 2.24) is 19.9 Å². The zero-order valence-electron chi connectivity index (χ0n) is 35.4. The van der Waals surface area contributed by atoms with E-state index in [1.54, 1.807) is 19.1 Å². The first kappa shape index (κ1) is 41.3. The first-order valence-corrected chi connectivity index (χ1v) is 22.3. The molecule has 2 aromatic heterocycles. The fraction of sp³-hybridized carbons (Fsp3) is 0.511.